The first-order valence-electron chi connectivity index (χ1n) is 5.54. The van der Waals surface area contributed by atoms with Crippen LogP contribution in [0.15, 0.2) is 49.1 Å². The highest BCUT2D eigenvalue weighted by atomic mass is 15.1. The first-order valence-corrected chi connectivity index (χ1v) is 5.54. The van der Waals surface area contributed by atoms with Gasteiger partial charge in [-0.1, -0.05) is 30.3 Å². The molecule has 0 aliphatic carbocycles. The van der Waals surface area contributed by atoms with Gasteiger partial charge < -0.3 is 5.73 Å². The van der Waals surface area contributed by atoms with Crippen molar-refractivity contribution in [2.45, 2.75) is 19.0 Å². The molecule has 0 aliphatic rings. The Balaban J connectivity index is 1.92. The first kappa shape index (κ1) is 10.9. The molecule has 3 nitrogen and oxygen atoms in total. The normalized spacial score (nSPS) is 12.6. The van der Waals surface area contributed by atoms with Gasteiger partial charge in [0, 0.05) is 6.04 Å². The van der Waals surface area contributed by atoms with E-state index in [-0.39, 0.29) is 6.04 Å². The number of aryl methyl sites for hydroxylation is 1. The third-order valence-corrected chi connectivity index (χ3v) is 2.61. The zero-order chi connectivity index (χ0) is 11.4. The molecule has 1 heterocycles. The van der Waals surface area contributed by atoms with Crippen LogP contribution in [0, 0.1) is 0 Å². The molecule has 2 rings (SSSR count). The van der Waals surface area contributed by atoms with Gasteiger partial charge in [-0.25, -0.2) is 9.13 Å². The summed E-state index contributed by atoms with van der Waals surface area (Å²) in [6.07, 6.45) is 7.04. The van der Waals surface area contributed by atoms with E-state index >= 15 is 0 Å². The molecule has 1 atom stereocenters. The number of rotatable bonds is 4. The summed E-state index contributed by atoms with van der Waals surface area (Å²) in [6, 6.07) is 10.5. The summed E-state index contributed by atoms with van der Waals surface area (Å²) in [5.74, 6) is 0. The number of benzene rings is 1. The van der Waals surface area contributed by atoms with Gasteiger partial charge in [-0.05, 0) is 12.0 Å². The predicted molar refractivity (Wildman–Crippen MR) is 63.7 cm³/mol. The molecule has 1 aromatic heterocycles. The van der Waals surface area contributed by atoms with E-state index in [4.69, 9.17) is 5.73 Å². The largest absolute Gasteiger partial charge is 0.324 e. The Morgan fingerprint density at radius 1 is 1.31 bits per heavy atom. The maximum Gasteiger partial charge on any atom is 0.243 e. The van der Waals surface area contributed by atoms with E-state index in [2.05, 4.69) is 28.8 Å². The molecule has 84 valence electrons. The van der Waals surface area contributed by atoms with E-state index in [9.17, 15) is 0 Å². The van der Waals surface area contributed by atoms with E-state index in [1.54, 1.807) is 0 Å². The Labute approximate surface area is 96.1 Å². The molecule has 0 spiro atoms. The van der Waals surface area contributed by atoms with Crippen molar-refractivity contribution in [3.8, 4) is 0 Å². The van der Waals surface area contributed by atoms with Gasteiger partial charge in [0.2, 0.25) is 6.33 Å². The number of imidazole rings is 1. The summed E-state index contributed by atoms with van der Waals surface area (Å²) in [4.78, 5) is 0. The Morgan fingerprint density at radius 2 is 2.06 bits per heavy atom. The Hall–Kier alpha value is -1.61. The molecule has 0 radical (unpaired) electrons. The van der Waals surface area contributed by atoms with Crippen LogP contribution in [0.25, 0.3) is 0 Å². The van der Waals surface area contributed by atoms with Gasteiger partial charge in [-0.3, -0.25) is 0 Å². The van der Waals surface area contributed by atoms with Gasteiger partial charge in [0.05, 0.1) is 7.05 Å². The standard InChI is InChI=1S/C13H18N3/c1-15-7-8-16(11-15)10-13(14)9-12-5-3-2-4-6-12/h2-8,11,13H,9-10,14H2,1H3/q+1/t13-/m0/s1. The molecule has 2 aromatic rings. The molecule has 16 heavy (non-hydrogen) atoms. The van der Waals surface area contributed by atoms with Crippen LogP contribution in [-0.4, -0.2) is 10.6 Å². The molecule has 0 fully saturated rings. The summed E-state index contributed by atoms with van der Waals surface area (Å²) in [5.41, 5.74) is 7.41. The zero-order valence-electron chi connectivity index (χ0n) is 9.58. The average molecular weight is 216 g/mol. The predicted octanol–water partition coefficient (Wildman–Crippen LogP) is 0.883. The van der Waals surface area contributed by atoms with Crippen molar-refractivity contribution < 1.29 is 4.57 Å². The van der Waals surface area contributed by atoms with Crippen molar-refractivity contribution in [3.63, 3.8) is 0 Å². The van der Waals surface area contributed by atoms with Crippen LogP contribution in [0.2, 0.25) is 0 Å². The average Bonchev–Trinajstić information content (AvgIpc) is 2.65. The van der Waals surface area contributed by atoms with E-state index in [1.165, 1.54) is 5.56 Å². The molecule has 0 saturated carbocycles. The molecule has 0 unspecified atom stereocenters. The van der Waals surface area contributed by atoms with Gasteiger partial charge in [-0.15, -0.1) is 0 Å². The molecule has 0 aliphatic heterocycles. The van der Waals surface area contributed by atoms with Crippen LogP contribution in [0.5, 0.6) is 0 Å². The van der Waals surface area contributed by atoms with Crippen LogP contribution in [-0.2, 0) is 20.0 Å². The van der Waals surface area contributed by atoms with E-state index < -0.39 is 0 Å². The van der Waals surface area contributed by atoms with Crippen molar-refractivity contribution in [3.05, 3.63) is 54.6 Å². The number of hydrogen-bond donors (Lipinski definition) is 1. The monoisotopic (exact) mass is 216 g/mol. The number of nitrogens with two attached hydrogens (primary N) is 1. The number of hydrogen-bond acceptors (Lipinski definition) is 1. The second-order valence-electron chi connectivity index (χ2n) is 4.23. The number of nitrogens with zero attached hydrogens (tertiary/aromatic N) is 2. The quantitative estimate of drug-likeness (QED) is 0.757. The molecule has 0 amide bonds. The van der Waals surface area contributed by atoms with Crippen LogP contribution in [0.1, 0.15) is 5.56 Å². The van der Waals surface area contributed by atoms with E-state index in [1.807, 2.05) is 36.4 Å². The minimum absolute atomic E-state index is 0.162. The van der Waals surface area contributed by atoms with E-state index in [0.29, 0.717) is 0 Å². The maximum absolute atomic E-state index is 6.12. The highest BCUT2D eigenvalue weighted by Crippen LogP contribution is 2.03. The Kier molecular flexibility index (Phi) is 3.37. The lowest BCUT2D eigenvalue weighted by Gasteiger charge is -2.08. The summed E-state index contributed by atoms with van der Waals surface area (Å²) in [6.45, 7) is 0.857. The van der Waals surface area contributed by atoms with Crippen LogP contribution >= 0.6 is 0 Å². The summed E-state index contributed by atoms with van der Waals surface area (Å²) < 4.78 is 4.14. The van der Waals surface area contributed by atoms with Crippen molar-refractivity contribution in [2.75, 3.05) is 0 Å². The topological polar surface area (TPSA) is 34.8 Å². The van der Waals surface area contributed by atoms with Crippen molar-refractivity contribution in [1.82, 2.24) is 4.57 Å². The lowest BCUT2D eigenvalue weighted by atomic mass is 10.1. The second-order valence-corrected chi connectivity index (χ2v) is 4.23. The fourth-order valence-corrected chi connectivity index (χ4v) is 1.86. The SMILES string of the molecule is C[n+]1ccn(C[C@@H](N)Cc2ccccc2)c1. The van der Waals surface area contributed by atoms with Crippen molar-refractivity contribution >= 4 is 0 Å². The smallest absolute Gasteiger partial charge is 0.243 e. The lowest BCUT2D eigenvalue weighted by Crippen LogP contribution is -2.29. The molecule has 0 bridgehead atoms. The Morgan fingerprint density at radius 3 is 2.69 bits per heavy atom. The third-order valence-electron chi connectivity index (χ3n) is 2.61. The minimum Gasteiger partial charge on any atom is -0.324 e. The Bertz CT molecular complexity index is 433. The molecule has 1 aromatic carbocycles. The first-order chi connectivity index (χ1) is 7.74. The number of aromatic nitrogens is 2. The molecule has 3 heteroatoms. The lowest BCUT2D eigenvalue weighted by molar-refractivity contribution is -0.671. The van der Waals surface area contributed by atoms with E-state index in [0.717, 1.165) is 13.0 Å². The van der Waals surface area contributed by atoms with Gasteiger partial charge in [0.25, 0.3) is 0 Å². The third kappa shape index (κ3) is 2.94. The van der Waals surface area contributed by atoms with Gasteiger partial charge >= 0.3 is 0 Å². The van der Waals surface area contributed by atoms with Crippen LogP contribution in [0.4, 0.5) is 0 Å². The maximum atomic E-state index is 6.12. The summed E-state index contributed by atoms with van der Waals surface area (Å²) >= 11 is 0. The summed E-state index contributed by atoms with van der Waals surface area (Å²) in [5, 5.41) is 0. The molecular formula is C13H18N3+. The fraction of sp³-hybridized carbons (Fsp3) is 0.308. The van der Waals surface area contributed by atoms with Gasteiger partial charge in [-0.2, -0.15) is 0 Å². The summed E-state index contributed by atoms with van der Waals surface area (Å²) in [7, 11) is 2.01. The van der Waals surface area contributed by atoms with Gasteiger partial charge in [0.1, 0.15) is 18.9 Å². The molecule has 0 saturated heterocycles. The van der Waals surface area contributed by atoms with Crippen molar-refractivity contribution in [1.29, 1.82) is 0 Å². The fourth-order valence-electron chi connectivity index (χ4n) is 1.86. The minimum atomic E-state index is 0.162. The van der Waals surface area contributed by atoms with Gasteiger partial charge in [0.15, 0.2) is 0 Å². The van der Waals surface area contributed by atoms with Crippen molar-refractivity contribution in [2.24, 2.45) is 12.8 Å². The molecule has 2 N–H and O–H groups in total. The van der Waals surface area contributed by atoms with Crippen LogP contribution < -0.4 is 10.3 Å². The van der Waals surface area contributed by atoms with Crippen LogP contribution in [0.3, 0.4) is 0 Å². The highest BCUT2D eigenvalue weighted by molar-refractivity contribution is 5.15. The molecular weight excluding hydrogens is 198 g/mol. The highest BCUT2D eigenvalue weighted by Gasteiger charge is 2.08. The second kappa shape index (κ2) is 4.94. The zero-order valence-corrected chi connectivity index (χ0v) is 9.58.